The Morgan fingerprint density at radius 1 is 0.962 bits per heavy atom. The van der Waals surface area contributed by atoms with E-state index in [-0.39, 0.29) is 5.91 Å². The lowest BCUT2D eigenvalue weighted by molar-refractivity contribution is -0.114. The maximum absolute atomic E-state index is 11.2. The van der Waals surface area contributed by atoms with E-state index >= 15 is 0 Å². The summed E-state index contributed by atoms with van der Waals surface area (Å²) in [6.07, 6.45) is 3.68. The van der Waals surface area contributed by atoms with E-state index in [1.54, 1.807) is 0 Å². The van der Waals surface area contributed by atoms with E-state index in [2.05, 4.69) is 58.5 Å². The average molecular weight is 366 g/mol. The first-order valence-corrected chi connectivity index (χ1v) is 9.43. The van der Waals surface area contributed by atoms with E-state index in [0.29, 0.717) is 0 Å². The molecule has 3 rings (SSSR count). The SMILES string of the molecule is CC(=O)Nc1ccc(CN(Cc2ccncc2)Cc2ccc(C)s2)cc1. The normalized spacial score (nSPS) is 10.9. The van der Waals surface area contributed by atoms with Crippen LogP contribution in [0.1, 0.15) is 27.8 Å². The van der Waals surface area contributed by atoms with Crippen molar-refractivity contribution in [2.24, 2.45) is 0 Å². The Labute approximate surface area is 158 Å². The van der Waals surface area contributed by atoms with Gasteiger partial charge in [0.25, 0.3) is 0 Å². The second kappa shape index (κ2) is 8.74. The molecule has 0 bridgehead atoms. The zero-order chi connectivity index (χ0) is 18.4. The maximum atomic E-state index is 11.2. The largest absolute Gasteiger partial charge is 0.326 e. The first-order valence-electron chi connectivity index (χ1n) is 8.61. The molecule has 0 radical (unpaired) electrons. The first kappa shape index (κ1) is 18.3. The number of amides is 1. The molecule has 1 N–H and O–H groups in total. The molecule has 0 saturated carbocycles. The molecular formula is C21H23N3OS. The van der Waals surface area contributed by atoms with Gasteiger partial charge in [-0.15, -0.1) is 11.3 Å². The van der Waals surface area contributed by atoms with Gasteiger partial charge in [-0.1, -0.05) is 12.1 Å². The van der Waals surface area contributed by atoms with Gasteiger partial charge in [-0.25, -0.2) is 0 Å². The van der Waals surface area contributed by atoms with Crippen LogP contribution in [0.5, 0.6) is 0 Å². The number of pyridine rings is 1. The van der Waals surface area contributed by atoms with Crippen LogP contribution in [-0.2, 0) is 24.4 Å². The summed E-state index contributed by atoms with van der Waals surface area (Å²) in [6.45, 7) is 6.29. The van der Waals surface area contributed by atoms with Crippen molar-refractivity contribution in [1.29, 1.82) is 0 Å². The summed E-state index contributed by atoms with van der Waals surface area (Å²) in [6, 6.07) is 16.6. The van der Waals surface area contributed by atoms with E-state index in [1.807, 2.05) is 35.9 Å². The number of aryl methyl sites for hydroxylation is 1. The van der Waals surface area contributed by atoms with Crippen LogP contribution >= 0.6 is 11.3 Å². The molecule has 0 aliphatic rings. The molecule has 0 fully saturated rings. The van der Waals surface area contributed by atoms with Gasteiger partial charge < -0.3 is 5.32 Å². The number of rotatable bonds is 7. The summed E-state index contributed by atoms with van der Waals surface area (Å²) < 4.78 is 0. The van der Waals surface area contributed by atoms with Crippen LogP contribution in [0.15, 0.2) is 60.9 Å². The minimum atomic E-state index is -0.0508. The fourth-order valence-corrected chi connectivity index (χ4v) is 3.79. The molecule has 1 aromatic carbocycles. The van der Waals surface area contributed by atoms with Gasteiger partial charge in [0.15, 0.2) is 0 Å². The zero-order valence-electron chi connectivity index (χ0n) is 15.1. The highest BCUT2D eigenvalue weighted by Gasteiger charge is 2.10. The molecule has 0 aliphatic heterocycles. The van der Waals surface area contributed by atoms with Gasteiger partial charge in [-0.05, 0) is 54.4 Å². The molecule has 4 nitrogen and oxygen atoms in total. The van der Waals surface area contributed by atoms with E-state index in [9.17, 15) is 4.79 Å². The molecule has 1 amide bonds. The second-order valence-electron chi connectivity index (χ2n) is 6.39. The molecule has 0 spiro atoms. The van der Waals surface area contributed by atoms with Crippen molar-refractivity contribution >= 4 is 22.9 Å². The number of hydrogen-bond donors (Lipinski definition) is 1. The smallest absolute Gasteiger partial charge is 0.221 e. The third-order valence-corrected chi connectivity index (χ3v) is 5.00. The van der Waals surface area contributed by atoms with Crippen LogP contribution in [0.3, 0.4) is 0 Å². The average Bonchev–Trinajstić information content (AvgIpc) is 3.02. The number of carbonyl (C=O) groups is 1. The molecule has 5 heteroatoms. The molecule has 134 valence electrons. The van der Waals surface area contributed by atoms with Crippen LogP contribution in [0.2, 0.25) is 0 Å². The Hall–Kier alpha value is -2.50. The third kappa shape index (κ3) is 5.51. The van der Waals surface area contributed by atoms with Gasteiger partial charge in [0, 0.05) is 54.4 Å². The predicted molar refractivity (Wildman–Crippen MR) is 107 cm³/mol. The Morgan fingerprint density at radius 3 is 2.19 bits per heavy atom. The summed E-state index contributed by atoms with van der Waals surface area (Å²) in [7, 11) is 0. The number of anilines is 1. The van der Waals surface area contributed by atoms with Gasteiger partial charge in [0.05, 0.1) is 0 Å². The topological polar surface area (TPSA) is 45.2 Å². The van der Waals surface area contributed by atoms with Gasteiger partial charge in [0.2, 0.25) is 5.91 Å². The van der Waals surface area contributed by atoms with Crippen molar-refractivity contribution in [3.8, 4) is 0 Å². The number of carbonyl (C=O) groups excluding carboxylic acids is 1. The summed E-state index contributed by atoms with van der Waals surface area (Å²) in [5, 5.41) is 2.81. The molecule has 26 heavy (non-hydrogen) atoms. The van der Waals surface area contributed by atoms with Crippen molar-refractivity contribution in [1.82, 2.24) is 9.88 Å². The monoisotopic (exact) mass is 365 g/mol. The number of nitrogens with zero attached hydrogens (tertiary/aromatic N) is 2. The highest BCUT2D eigenvalue weighted by Crippen LogP contribution is 2.20. The molecule has 3 aromatic rings. The van der Waals surface area contributed by atoms with Crippen LogP contribution < -0.4 is 5.32 Å². The Balaban J connectivity index is 1.72. The van der Waals surface area contributed by atoms with Crippen molar-refractivity contribution in [3.05, 3.63) is 81.8 Å². The van der Waals surface area contributed by atoms with Gasteiger partial charge in [-0.3, -0.25) is 14.7 Å². The van der Waals surface area contributed by atoms with Crippen LogP contribution in [0, 0.1) is 6.92 Å². The summed E-state index contributed by atoms with van der Waals surface area (Å²) in [5.74, 6) is -0.0508. The van der Waals surface area contributed by atoms with Crippen LogP contribution in [0.25, 0.3) is 0 Å². The lowest BCUT2D eigenvalue weighted by atomic mass is 10.1. The van der Waals surface area contributed by atoms with Crippen molar-refractivity contribution < 1.29 is 4.79 Å². The van der Waals surface area contributed by atoms with Gasteiger partial charge in [-0.2, -0.15) is 0 Å². The quantitative estimate of drug-likeness (QED) is 0.665. The lowest BCUT2D eigenvalue weighted by Crippen LogP contribution is -2.22. The number of nitrogens with one attached hydrogen (secondary N) is 1. The van der Waals surface area contributed by atoms with Crippen molar-refractivity contribution in [2.75, 3.05) is 5.32 Å². The summed E-state index contributed by atoms with van der Waals surface area (Å²) in [4.78, 5) is 20.4. The minimum Gasteiger partial charge on any atom is -0.326 e. The zero-order valence-corrected chi connectivity index (χ0v) is 15.9. The van der Waals surface area contributed by atoms with E-state index in [1.165, 1.54) is 27.8 Å². The van der Waals surface area contributed by atoms with Crippen LogP contribution in [-0.4, -0.2) is 15.8 Å². The fourth-order valence-electron chi connectivity index (χ4n) is 2.86. The maximum Gasteiger partial charge on any atom is 0.221 e. The van der Waals surface area contributed by atoms with E-state index < -0.39 is 0 Å². The number of hydrogen-bond acceptors (Lipinski definition) is 4. The third-order valence-electron chi connectivity index (χ3n) is 4.01. The highest BCUT2D eigenvalue weighted by atomic mass is 32.1. The Morgan fingerprint density at radius 2 is 1.62 bits per heavy atom. The highest BCUT2D eigenvalue weighted by molar-refractivity contribution is 7.11. The molecule has 2 heterocycles. The number of thiophene rings is 1. The molecule has 0 aliphatic carbocycles. The van der Waals surface area contributed by atoms with Crippen LogP contribution in [0.4, 0.5) is 5.69 Å². The van der Waals surface area contributed by atoms with Gasteiger partial charge >= 0.3 is 0 Å². The molecular weight excluding hydrogens is 342 g/mol. The van der Waals surface area contributed by atoms with E-state index in [4.69, 9.17) is 0 Å². The van der Waals surface area contributed by atoms with Crippen molar-refractivity contribution in [2.45, 2.75) is 33.5 Å². The summed E-state index contributed by atoms with van der Waals surface area (Å²) in [5.41, 5.74) is 3.31. The van der Waals surface area contributed by atoms with Crippen molar-refractivity contribution in [3.63, 3.8) is 0 Å². The predicted octanol–water partition coefficient (Wildman–Crippen LogP) is 4.61. The standard InChI is InChI=1S/C21H23N3OS/c1-16-3-8-21(26-16)15-24(14-19-9-11-22-12-10-19)13-18-4-6-20(7-5-18)23-17(2)25/h3-12H,13-15H2,1-2H3,(H,23,25). The lowest BCUT2D eigenvalue weighted by Gasteiger charge is -2.22. The Kier molecular flexibility index (Phi) is 6.15. The number of aromatic nitrogens is 1. The van der Waals surface area contributed by atoms with E-state index in [0.717, 1.165) is 25.3 Å². The first-order chi connectivity index (χ1) is 12.6. The molecule has 0 unspecified atom stereocenters. The number of benzene rings is 1. The second-order valence-corrected chi connectivity index (χ2v) is 7.76. The van der Waals surface area contributed by atoms with Gasteiger partial charge in [0.1, 0.15) is 0 Å². The minimum absolute atomic E-state index is 0.0508. The molecule has 0 saturated heterocycles. The molecule has 0 atom stereocenters. The Bertz CT molecular complexity index is 843. The molecule has 2 aromatic heterocycles. The fraction of sp³-hybridized carbons (Fsp3) is 0.238. The summed E-state index contributed by atoms with van der Waals surface area (Å²) >= 11 is 1.84.